The number of rotatable bonds is 5. The van der Waals surface area contributed by atoms with Crippen LogP contribution in [0.25, 0.3) is 10.1 Å². The van der Waals surface area contributed by atoms with E-state index in [0.29, 0.717) is 0 Å². The Hall–Kier alpha value is -1.76. The molecule has 0 saturated carbocycles. The first-order chi connectivity index (χ1) is 10.2. The molecule has 4 nitrogen and oxygen atoms in total. The van der Waals surface area contributed by atoms with E-state index in [1.165, 1.54) is 6.07 Å². The summed E-state index contributed by atoms with van der Waals surface area (Å²) in [5, 5.41) is 5.36. The van der Waals surface area contributed by atoms with Crippen LogP contribution >= 0.6 is 11.3 Å². The number of nitrogens with two attached hydrogens (primary N) is 1. The summed E-state index contributed by atoms with van der Waals surface area (Å²) in [6.45, 7) is 3.00. The van der Waals surface area contributed by atoms with Crippen molar-refractivity contribution in [2.75, 3.05) is 0 Å². The van der Waals surface area contributed by atoms with E-state index in [4.69, 9.17) is 5.84 Å². The van der Waals surface area contributed by atoms with Gasteiger partial charge >= 0.3 is 0 Å². The molecule has 21 heavy (non-hydrogen) atoms. The van der Waals surface area contributed by atoms with Crippen LogP contribution in [0.4, 0.5) is 4.39 Å². The first kappa shape index (κ1) is 14.2. The van der Waals surface area contributed by atoms with Gasteiger partial charge in [0, 0.05) is 27.9 Å². The number of hydrazine groups is 1. The SMILES string of the molecule is CCCn1cc(C(NN)c2cc3ccc(F)cc3s2)cn1. The number of hydrogen-bond acceptors (Lipinski definition) is 4. The molecule has 0 aliphatic carbocycles. The maximum Gasteiger partial charge on any atom is 0.124 e. The number of nitrogens with one attached hydrogen (secondary N) is 1. The number of benzene rings is 1. The number of thiophene rings is 1. The highest BCUT2D eigenvalue weighted by Crippen LogP contribution is 2.33. The van der Waals surface area contributed by atoms with Crippen LogP contribution in [0.1, 0.15) is 29.8 Å². The van der Waals surface area contributed by atoms with Gasteiger partial charge in [-0.15, -0.1) is 11.3 Å². The van der Waals surface area contributed by atoms with Gasteiger partial charge in [0.25, 0.3) is 0 Å². The van der Waals surface area contributed by atoms with E-state index in [-0.39, 0.29) is 11.9 Å². The summed E-state index contributed by atoms with van der Waals surface area (Å²) in [4.78, 5) is 1.05. The third-order valence-corrected chi connectivity index (χ3v) is 4.55. The summed E-state index contributed by atoms with van der Waals surface area (Å²) in [6, 6.07) is 6.73. The molecule has 0 radical (unpaired) electrons. The van der Waals surface area contributed by atoms with Gasteiger partial charge in [-0.25, -0.2) is 9.82 Å². The number of hydrogen-bond donors (Lipinski definition) is 2. The van der Waals surface area contributed by atoms with Crippen LogP contribution in [-0.4, -0.2) is 9.78 Å². The van der Waals surface area contributed by atoms with Crippen LogP contribution in [0.3, 0.4) is 0 Å². The van der Waals surface area contributed by atoms with E-state index < -0.39 is 0 Å². The van der Waals surface area contributed by atoms with Crippen molar-refractivity contribution < 1.29 is 4.39 Å². The summed E-state index contributed by atoms with van der Waals surface area (Å²) in [5.74, 6) is 5.50. The third-order valence-electron chi connectivity index (χ3n) is 3.39. The predicted octanol–water partition coefficient (Wildman–Crippen LogP) is 3.20. The fourth-order valence-corrected chi connectivity index (χ4v) is 3.57. The predicted molar refractivity (Wildman–Crippen MR) is 83.5 cm³/mol. The van der Waals surface area contributed by atoms with Crippen LogP contribution in [-0.2, 0) is 6.54 Å². The molecular weight excluding hydrogens is 287 g/mol. The number of halogens is 1. The molecule has 0 bridgehead atoms. The Morgan fingerprint density at radius 3 is 3.05 bits per heavy atom. The van der Waals surface area contributed by atoms with Crippen LogP contribution in [0.15, 0.2) is 36.7 Å². The molecule has 0 aliphatic heterocycles. The average Bonchev–Trinajstić information content (AvgIpc) is 3.07. The second-order valence-electron chi connectivity index (χ2n) is 4.97. The van der Waals surface area contributed by atoms with Gasteiger partial charge in [-0.3, -0.25) is 10.5 Å². The molecule has 3 N–H and O–H groups in total. The van der Waals surface area contributed by atoms with E-state index in [2.05, 4.69) is 17.4 Å². The van der Waals surface area contributed by atoms with Crippen molar-refractivity contribution in [1.82, 2.24) is 15.2 Å². The van der Waals surface area contributed by atoms with Crippen molar-refractivity contribution in [2.24, 2.45) is 5.84 Å². The summed E-state index contributed by atoms with van der Waals surface area (Å²) < 4.78 is 16.1. The molecule has 0 spiro atoms. The number of aromatic nitrogens is 2. The molecule has 1 atom stereocenters. The van der Waals surface area contributed by atoms with E-state index in [1.54, 1.807) is 23.5 Å². The van der Waals surface area contributed by atoms with Crippen molar-refractivity contribution in [3.63, 3.8) is 0 Å². The Labute approximate surface area is 126 Å². The van der Waals surface area contributed by atoms with Crippen molar-refractivity contribution in [3.8, 4) is 0 Å². The highest BCUT2D eigenvalue weighted by atomic mass is 32.1. The molecule has 1 unspecified atom stereocenters. The Kier molecular flexibility index (Phi) is 4.01. The zero-order valence-corrected chi connectivity index (χ0v) is 12.5. The molecule has 3 aromatic rings. The molecule has 0 saturated heterocycles. The van der Waals surface area contributed by atoms with Gasteiger partial charge in [-0.1, -0.05) is 13.0 Å². The van der Waals surface area contributed by atoms with E-state index >= 15 is 0 Å². The van der Waals surface area contributed by atoms with Gasteiger partial charge in [0.15, 0.2) is 0 Å². The molecule has 0 aliphatic rings. The van der Waals surface area contributed by atoms with Crippen LogP contribution < -0.4 is 11.3 Å². The summed E-state index contributed by atoms with van der Waals surface area (Å²) in [5.41, 5.74) is 3.84. The number of fused-ring (bicyclic) bond motifs is 1. The first-order valence-electron chi connectivity index (χ1n) is 6.88. The van der Waals surface area contributed by atoms with Crippen molar-refractivity contribution in [1.29, 1.82) is 0 Å². The standard InChI is InChI=1S/C15H17FN4S/c1-2-5-20-9-11(8-18-20)15(19-17)14-6-10-3-4-12(16)7-13(10)21-14/h3-4,6-9,15,19H,2,5,17H2,1H3. The van der Waals surface area contributed by atoms with Crippen LogP contribution in [0.2, 0.25) is 0 Å². The van der Waals surface area contributed by atoms with E-state index in [0.717, 1.165) is 33.5 Å². The van der Waals surface area contributed by atoms with Gasteiger partial charge in [0.05, 0.1) is 12.2 Å². The third kappa shape index (κ3) is 2.83. The molecule has 2 aromatic heterocycles. The topological polar surface area (TPSA) is 55.9 Å². The molecule has 0 fully saturated rings. The lowest BCUT2D eigenvalue weighted by Gasteiger charge is -2.11. The van der Waals surface area contributed by atoms with Gasteiger partial charge in [-0.05, 0) is 30.0 Å². The van der Waals surface area contributed by atoms with Crippen LogP contribution in [0, 0.1) is 5.82 Å². The second kappa shape index (κ2) is 5.93. The largest absolute Gasteiger partial charge is 0.272 e. The Balaban J connectivity index is 1.96. The smallest absolute Gasteiger partial charge is 0.124 e. The maximum atomic E-state index is 13.3. The number of aryl methyl sites for hydroxylation is 1. The second-order valence-corrected chi connectivity index (χ2v) is 6.08. The van der Waals surface area contributed by atoms with Crippen LogP contribution in [0.5, 0.6) is 0 Å². The van der Waals surface area contributed by atoms with Gasteiger partial charge in [0.1, 0.15) is 5.82 Å². The molecule has 1 aromatic carbocycles. The molecule has 6 heteroatoms. The van der Waals surface area contributed by atoms with Crippen molar-refractivity contribution in [3.05, 3.63) is 52.9 Å². The summed E-state index contributed by atoms with van der Waals surface area (Å²) >= 11 is 1.54. The van der Waals surface area contributed by atoms with Gasteiger partial charge in [-0.2, -0.15) is 5.10 Å². The molecule has 2 heterocycles. The lowest BCUT2D eigenvalue weighted by molar-refractivity contribution is 0.599. The minimum absolute atomic E-state index is 0.129. The number of nitrogens with zero attached hydrogens (tertiary/aromatic N) is 2. The Morgan fingerprint density at radius 2 is 2.29 bits per heavy atom. The first-order valence-corrected chi connectivity index (χ1v) is 7.70. The zero-order valence-electron chi connectivity index (χ0n) is 11.7. The Morgan fingerprint density at radius 1 is 1.43 bits per heavy atom. The highest BCUT2D eigenvalue weighted by molar-refractivity contribution is 7.19. The summed E-state index contributed by atoms with van der Waals surface area (Å²) in [6.07, 6.45) is 4.86. The Bertz CT molecular complexity index is 749. The quantitative estimate of drug-likeness (QED) is 0.562. The fourth-order valence-electron chi connectivity index (χ4n) is 2.39. The average molecular weight is 304 g/mol. The van der Waals surface area contributed by atoms with E-state index in [9.17, 15) is 4.39 Å². The minimum atomic E-state index is -0.219. The minimum Gasteiger partial charge on any atom is -0.272 e. The molecule has 110 valence electrons. The molecule has 0 amide bonds. The van der Waals surface area contributed by atoms with Crippen molar-refractivity contribution in [2.45, 2.75) is 25.9 Å². The van der Waals surface area contributed by atoms with Crippen molar-refractivity contribution >= 4 is 21.4 Å². The van der Waals surface area contributed by atoms with Gasteiger partial charge < -0.3 is 0 Å². The lowest BCUT2D eigenvalue weighted by atomic mass is 10.1. The fraction of sp³-hybridized carbons (Fsp3) is 0.267. The van der Waals surface area contributed by atoms with Gasteiger partial charge in [0.2, 0.25) is 0 Å². The molecule has 3 rings (SSSR count). The lowest BCUT2D eigenvalue weighted by Crippen LogP contribution is -2.27. The highest BCUT2D eigenvalue weighted by Gasteiger charge is 2.17. The van der Waals surface area contributed by atoms with E-state index in [1.807, 2.05) is 23.1 Å². The maximum absolute atomic E-state index is 13.3. The normalized spacial score (nSPS) is 12.9. The monoisotopic (exact) mass is 304 g/mol. The molecular formula is C15H17FN4S. The summed E-state index contributed by atoms with van der Waals surface area (Å²) in [7, 11) is 0. The zero-order chi connectivity index (χ0) is 14.8.